The SMILES string of the molecule is COC(=O)[C@H](c1ccccc1)[C@H](O)C(C)C. The van der Waals surface area contributed by atoms with Gasteiger partial charge in [0, 0.05) is 0 Å². The number of ether oxygens (including phenoxy) is 1. The fourth-order valence-electron chi connectivity index (χ4n) is 1.64. The van der Waals surface area contributed by atoms with Crippen LogP contribution >= 0.6 is 0 Å². The maximum atomic E-state index is 11.7. The highest BCUT2D eigenvalue weighted by Gasteiger charge is 2.31. The van der Waals surface area contributed by atoms with Gasteiger partial charge in [-0.15, -0.1) is 0 Å². The fourth-order valence-corrected chi connectivity index (χ4v) is 1.64. The second-order valence-corrected chi connectivity index (χ2v) is 4.15. The van der Waals surface area contributed by atoms with Gasteiger partial charge in [0.2, 0.25) is 0 Å². The predicted molar refractivity (Wildman–Crippen MR) is 62.0 cm³/mol. The Bertz CT molecular complexity index is 332. The van der Waals surface area contributed by atoms with Crippen LogP contribution in [0.5, 0.6) is 0 Å². The number of aliphatic hydroxyl groups is 1. The number of aliphatic hydroxyl groups excluding tert-OH is 1. The minimum absolute atomic E-state index is 0.00399. The fraction of sp³-hybridized carbons (Fsp3) is 0.462. The van der Waals surface area contributed by atoms with Crippen LogP contribution in [0.3, 0.4) is 0 Å². The molecule has 3 heteroatoms. The lowest BCUT2D eigenvalue weighted by atomic mass is 9.87. The van der Waals surface area contributed by atoms with Gasteiger partial charge in [-0.3, -0.25) is 4.79 Å². The van der Waals surface area contributed by atoms with Crippen molar-refractivity contribution in [3.63, 3.8) is 0 Å². The van der Waals surface area contributed by atoms with Crippen molar-refractivity contribution in [2.75, 3.05) is 7.11 Å². The van der Waals surface area contributed by atoms with E-state index >= 15 is 0 Å². The zero-order chi connectivity index (χ0) is 12.1. The smallest absolute Gasteiger partial charge is 0.315 e. The van der Waals surface area contributed by atoms with E-state index in [1.54, 1.807) is 0 Å². The van der Waals surface area contributed by atoms with E-state index in [0.29, 0.717) is 0 Å². The Labute approximate surface area is 96.1 Å². The highest BCUT2D eigenvalue weighted by molar-refractivity contribution is 5.78. The summed E-state index contributed by atoms with van der Waals surface area (Å²) in [6.07, 6.45) is -0.727. The Kier molecular flexibility index (Phi) is 4.50. The molecule has 0 aliphatic heterocycles. The maximum Gasteiger partial charge on any atom is 0.315 e. The number of benzene rings is 1. The van der Waals surface area contributed by atoms with Gasteiger partial charge in [-0.1, -0.05) is 44.2 Å². The van der Waals surface area contributed by atoms with Gasteiger partial charge in [-0.2, -0.15) is 0 Å². The lowest BCUT2D eigenvalue weighted by Gasteiger charge is -2.23. The van der Waals surface area contributed by atoms with Crippen molar-refractivity contribution in [1.82, 2.24) is 0 Å². The Balaban J connectivity index is 3.01. The van der Waals surface area contributed by atoms with Crippen molar-refractivity contribution >= 4 is 5.97 Å². The summed E-state index contributed by atoms with van der Waals surface area (Å²) in [5.41, 5.74) is 0.788. The number of hydrogen-bond donors (Lipinski definition) is 1. The Morgan fingerprint density at radius 1 is 1.25 bits per heavy atom. The molecule has 1 aromatic carbocycles. The molecule has 1 aromatic rings. The molecule has 0 aliphatic carbocycles. The molecule has 2 atom stereocenters. The molecule has 1 N–H and O–H groups in total. The minimum atomic E-state index is -0.727. The van der Waals surface area contributed by atoms with E-state index in [2.05, 4.69) is 0 Å². The first kappa shape index (κ1) is 12.7. The summed E-state index contributed by atoms with van der Waals surface area (Å²) in [6, 6.07) is 9.22. The van der Waals surface area contributed by atoms with Crippen molar-refractivity contribution in [3.05, 3.63) is 35.9 Å². The average molecular weight is 222 g/mol. The molecule has 0 unspecified atom stereocenters. The molecule has 0 amide bonds. The lowest BCUT2D eigenvalue weighted by molar-refractivity contribution is -0.146. The van der Waals surface area contributed by atoms with Crippen LogP contribution in [0.15, 0.2) is 30.3 Å². The quantitative estimate of drug-likeness (QED) is 0.792. The highest BCUT2D eigenvalue weighted by atomic mass is 16.5. The van der Waals surface area contributed by atoms with Gasteiger partial charge >= 0.3 is 5.97 Å². The molecule has 0 heterocycles. The maximum absolute atomic E-state index is 11.7. The number of methoxy groups -OCH3 is 1. The number of carbonyl (C=O) groups is 1. The summed E-state index contributed by atoms with van der Waals surface area (Å²) in [5, 5.41) is 10.0. The molecule has 0 fully saturated rings. The van der Waals surface area contributed by atoms with E-state index in [0.717, 1.165) is 5.56 Å². The molecule has 3 nitrogen and oxygen atoms in total. The summed E-state index contributed by atoms with van der Waals surface area (Å²) < 4.78 is 4.74. The number of carbonyl (C=O) groups excluding carboxylic acids is 1. The van der Waals surface area contributed by atoms with E-state index in [1.165, 1.54) is 7.11 Å². The summed E-state index contributed by atoms with van der Waals surface area (Å²) in [6.45, 7) is 3.76. The van der Waals surface area contributed by atoms with Gasteiger partial charge in [-0.05, 0) is 11.5 Å². The van der Waals surface area contributed by atoms with Gasteiger partial charge in [0.15, 0.2) is 0 Å². The van der Waals surface area contributed by atoms with Crippen molar-refractivity contribution in [2.45, 2.75) is 25.9 Å². The Morgan fingerprint density at radius 2 is 1.81 bits per heavy atom. The van der Waals surface area contributed by atoms with Gasteiger partial charge in [0.05, 0.1) is 13.2 Å². The second kappa shape index (κ2) is 5.66. The average Bonchev–Trinajstić information content (AvgIpc) is 2.30. The van der Waals surface area contributed by atoms with Crippen LogP contribution in [-0.2, 0) is 9.53 Å². The molecule has 16 heavy (non-hydrogen) atoms. The number of esters is 1. The van der Waals surface area contributed by atoms with Crippen molar-refractivity contribution in [1.29, 1.82) is 0 Å². The third kappa shape index (κ3) is 2.83. The first-order chi connectivity index (χ1) is 7.57. The van der Waals surface area contributed by atoms with E-state index in [-0.39, 0.29) is 5.92 Å². The largest absolute Gasteiger partial charge is 0.468 e. The minimum Gasteiger partial charge on any atom is -0.468 e. The molecule has 0 aliphatic rings. The molecule has 1 rings (SSSR count). The molecule has 0 saturated carbocycles. The van der Waals surface area contributed by atoms with Crippen LogP contribution in [0, 0.1) is 5.92 Å². The standard InChI is InChI=1S/C13H18O3/c1-9(2)12(14)11(13(15)16-3)10-7-5-4-6-8-10/h4-9,11-12,14H,1-3H3/t11-,12-/m1/s1. The molecule has 88 valence electrons. The normalized spacial score (nSPS) is 14.6. The second-order valence-electron chi connectivity index (χ2n) is 4.15. The van der Waals surface area contributed by atoms with Crippen molar-refractivity contribution in [3.8, 4) is 0 Å². The number of rotatable bonds is 4. The Morgan fingerprint density at radius 3 is 2.25 bits per heavy atom. The monoisotopic (exact) mass is 222 g/mol. The van der Waals surface area contributed by atoms with Gasteiger partial charge in [0.1, 0.15) is 5.92 Å². The first-order valence-corrected chi connectivity index (χ1v) is 5.38. The van der Waals surface area contributed by atoms with Crippen molar-refractivity contribution in [2.24, 2.45) is 5.92 Å². The van der Waals surface area contributed by atoms with Gasteiger partial charge in [0.25, 0.3) is 0 Å². The van der Waals surface area contributed by atoms with E-state index in [9.17, 15) is 9.90 Å². The molecule has 0 bridgehead atoms. The summed E-state index contributed by atoms with van der Waals surface area (Å²) in [7, 11) is 1.34. The summed E-state index contributed by atoms with van der Waals surface area (Å²) >= 11 is 0. The molecule has 0 spiro atoms. The predicted octanol–water partition coefficient (Wildman–Crippen LogP) is 1.96. The zero-order valence-corrected chi connectivity index (χ0v) is 9.88. The van der Waals surface area contributed by atoms with Gasteiger partial charge in [-0.25, -0.2) is 0 Å². The summed E-state index contributed by atoms with van der Waals surface area (Å²) in [5.74, 6) is -0.997. The van der Waals surface area contributed by atoms with Crippen LogP contribution in [0.2, 0.25) is 0 Å². The van der Waals surface area contributed by atoms with Gasteiger partial charge < -0.3 is 9.84 Å². The highest BCUT2D eigenvalue weighted by Crippen LogP contribution is 2.25. The van der Waals surface area contributed by atoms with Crippen LogP contribution < -0.4 is 0 Å². The van der Waals surface area contributed by atoms with Crippen molar-refractivity contribution < 1.29 is 14.6 Å². The van der Waals surface area contributed by atoms with Crippen LogP contribution in [-0.4, -0.2) is 24.3 Å². The van der Waals surface area contributed by atoms with E-state index in [1.807, 2.05) is 44.2 Å². The molecule has 0 saturated heterocycles. The topological polar surface area (TPSA) is 46.5 Å². The first-order valence-electron chi connectivity index (χ1n) is 5.38. The molecule has 0 aromatic heterocycles. The molecule has 0 radical (unpaired) electrons. The number of hydrogen-bond acceptors (Lipinski definition) is 3. The zero-order valence-electron chi connectivity index (χ0n) is 9.88. The summed E-state index contributed by atoms with van der Waals surface area (Å²) in [4.78, 5) is 11.7. The van der Waals surface area contributed by atoms with E-state index in [4.69, 9.17) is 4.74 Å². The molecular formula is C13H18O3. The van der Waals surface area contributed by atoms with Crippen LogP contribution in [0.25, 0.3) is 0 Å². The van der Waals surface area contributed by atoms with E-state index < -0.39 is 18.0 Å². The molecular weight excluding hydrogens is 204 g/mol. The van der Waals surface area contributed by atoms with Crippen LogP contribution in [0.4, 0.5) is 0 Å². The van der Waals surface area contributed by atoms with Crippen LogP contribution in [0.1, 0.15) is 25.3 Å². The lowest BCUT2D eigenvalue weighted by Crippen LogP contribution is -2.31. The Hall–Kier alpha value is -1.35. The third-order valence-corrected chi connectivity index (χ3v) is 2.64. The third-order valence-electron chi connectivity index (χ3n) is 2.64.